The fraction of sp³-hybridized carbons (Fsp3) is 0.846. The van der Waals surface area contributed by atoms with Crippen molar-refractivity contribution in [2.75, 3.05) is 66.6 Å². The molecular formula is C13H26N4O3. The van der Waals surface area contributed by atoms with E-state index in [4.69, 9.17) is 4.74 Å². The normalized spacial score (nSPS) is 16.1. The molecule has 1 heterocycles. The Hall–Kier alpha value is -1.18. The van der Waals surface area contributed by atoms with Gasteiger partial charge in [-0.05, 0) is 14.1 Å². The van der Waals surface area contributed by atoms with Crippen LogP contribution in [0.25, 0.3) is 0 Å². The number of nitrogens with zero attached hydrogens (tertiary/aromatic N) is 2. The smallest absolute Gasteiger partial charge is 0.229 e. The highest BCUT2D eigenvalue weighted by molar-refractivity contribution is 5.96. The van der Waals surface area contributed by atoms with Crippen LogP contribution in [0.2, 0.25) is 0 Å². The molecule has 1 saturated heterocycles. The molecule has 1 aliphatic rings. The van der Waals surface area contributed by atoms with E-state index in [1.807, 2.05) is 19.0 Å². The maximum atomic E-state index is 11.6. The summed E-state index contributed by atoms with van der Waals surface area (Å²) < 4.78 is 5.25. The van der Waals surface area contributed by atoms with Gasteiger partial charge in [0, 0.05) is 39.3 Å². The summed E-state index contributed by atoms with van der Waals surface area (Å²) in [6.45, 7) is 6.02. The van der Waals surface area contributed by atoms with Crippen LogP contribution in [-0.4, -0.2) is 88.2 Å². The largest absolute Gasteiger partial charge is 0.379 e. The van der Waals surface area contributed by atoms with Gasteiger partial charge in [0.05, 0.1) is 13.2 Å². The lowest BCUT2D eigenvalue weighted by Crippen LogP contribution is -2.42. The van der Waals surface area contributed by atoms with Crippen molar-refractivity contribution in [2.45, 2.75) is 6.42 Å². The second kappa shape index (κ2) is 9.68. The molecule has 0 aromatic rings. The number of carbonyl (C=O) groups excluding carboxylic acids is 2. The highest BCUT2D eigenvalue weighted by Crippen LogP contribution is 1.94. The SMILES string of the molecule is CN(C)CCNC(=O)CC(=O)NCCN1CCOCC1. The van der Waals surface area contributed by atoms with Crippen molar-refractivity contribution in [2.24, 2.45) is 0 Å². The van der Waals surface area contributed by atoms with Gasteiger partial charge in [-0.15, -0.1) is 0 Å². The molecule has 0 unspecified atom stereocenters. The number of morpholine rings is 1. The summed E-state index contributed by atoms with van der Waals surface area (Å²) in [5, 5.41) is 5.48. The molecule has 0 aliphatic carbocycles. The minimum Gasteiger partial charge on any atom is -0.379 e. The summed E-state index contributed by atoms with van der Waals surface area (Å²) >= 11 is 0. The number of amides is 2. The van der Waals surface area contributed by atoms with Crippen molar-refractivity contribution in [1.82, 2.24) is 20.4 Å². The molecule has 0 radical (unpaired) electrons. The van der Waals surface area contributed by atoms with E-state index in [0.29, 0.717) is 13.1 Å². The zero-order chi connectivity index (χ0) is 14.8. The summed E-state index contributed by atoms with van der Waals surface area (Å²) in [6.07, 6.45) is -0.101. The number of ether oxygens (including phenoxy) is 1. The minimum absolute atomic E-state index is 0.101. The second-order valence-corrected chi connectivity index (χ2v) is 5.13. The first-order chi connectivity index (χ1) is 9.58. The summed E-state index contributed by atoms with van der Waals surface area (Å²) in [7, 11) is 3.87. The number of hydrogen-bond donors (Lipinski definition) is 2. The maximum Gasteiger partial charge on any atom is 0.229 e. The van der Waals surface area contributed by atoms with Crippen LogP contribution in [0.3, 0.4) is 0 Å². The second-order valence-electron chi connectivity index (χ2n) is 5.13. The molecule has 7 nitrogen and oxygen atoms in total. The molecule has 116 valence electrons. The Balaban J connectivity index is 2.02. The molecule has 2 N–H and O–H groups in total. The standard InChI is InChI=1S/C13H26N4O3/c1-16(2)5-3-14-12(18)11-13(19)15-4-6-17-7-9-20-10-8-17/h3-11H2,1-2H3,(H,14,18)(H,15,19). The third kappa shape index (κ3) is 8.08. The Morgan fingerprint density at radius 2 is 1.70 bits per heavy atom. The summed E-state index contributed by atoms with van der Waals surface area (Å²) in [4.78, 5) is 27.3. The van der Waals surface area contributed by atoms with Gasteiger partial charge in [0.1, 0.15) is 6.42 Å². The van der Waals surface area contributed by atoms with E-state index in [0.717, 1.165) is 39.4 Å². The van der Waals surface area contributed by atoms with Crippen molar-refractivity contribution in [1.29, 1.82) is 0 Å². The minimum atomic E-state index is -0.226. The molecule has 2 amide bonds. The topological polar surface area (TPSA) is 73.9 Å². The third-order valence-corrected chi connectivity index (χ3v) is 3.06. The van der Waals surface area contributed by atoms with E-state index >= 15 is 0 Å². The average Bonchev–Trinajstić information content (AvgIpc) is 2.39. The van der Waals surface area contributed by atoms with Gasteiger partial charge in [0.25, 0.3) is 0 Å². The zero-order valence-corrected chi connectivity index (χ0v) is 12.5. The first-order valence-corrected chi connectivity index (χ1v) is 7.06. The number of hydrogen-bond acceptors (Lipinski definition) is 5. The molecule has 20 heavy (non-hydrogen) atoms. The van der Waals surface area contributed by atoms with Gasteiger partial charge in [0.15, 0.2) is 0 Å². The van der Waals surface area contributed by atoms with Crippen molar-refractivity contribution < 1.29 is 14.3 Å². The van der Waals surface area contributed by atoms with Gasteiger partial charge >= 0.3 is 0 Å². The average molecular weight is 286 g/mol. The highest BCUT2D eigenvalue weighted by Gasteiger charge is 2.11. The maximum absolute atomic E-state index is 11.6. The van der Waals surface area contributed by atoms with Gasteiger partial charge in [-0.2, -0.15) is 0 Å². The lowest BCUT2D eigenvalue weighted by Gasteiger charge is -2.26. The Morgan fingerprint density at radius 1 is 1.10 bits per heavy atom. The summed E-state index contributed by atoms with van der Waals surface area (Å²) in [5.74, 6) is -0.448. The molecule has 0 bridgehead atoms. The van der Waals surface area contributed by atoms with Crippen LogP contribution in [-0.2, 0) is 14.3 Å². The molecular weight excluding hydrogens is 260 g/mol. The fourth-order valence-corrected chi connectivity index (χ4v) is 1.87. The Morgan fingerprint density at radius 3 is 2.30 bits per heavy atom. The van der Waals surface area contributed by atoms with E-state index in [9.17, 15) is 9.59 Å². The lowest BCUT2D eigenvalue weighted by atomic mass is 10.3. The Labute approximate surface area is 120 Å². The van der Waals surface area contributed by atoms with E-state index in [2.05, 4.69) is 15.5 Å². The van der Waals surface area contributed by atoms with Crippen LogP contribution in [0.5, 0.6) is 0 Å². The van der Waals surface area contributed by atoms with Crippen LogP contribution in [0.4, 0.5) is 0 Å². The number of nitrogens with one attached hydrogen (secondary N) is 2. The van der Waals surface area contributed by atoms with Gasteiger partial charge in [-0.3, -0.25) is 14.5 Å². The van der Waals surface area contributed by atoms with Crippen LogP contribution in [0.1, 0.15) is 6.42 Å². The molecule has 7 heteroatoms. The first-order valence-electron chi connectivity index (χ1n) is 7.06. The molecule has 1 fully saturated rings. The van der Waals surface area contributed by atoms with Crippen molar-refractivity contribution in [3.63, 3.8) is 0 Å². The summed E-state index contributed by atoms with van der Waals surface area (Å²) in [6, 6.07) is 0. The molecule has 0 spiro atoms. The molecule has 1 rings (SSSR count). The third-order valence-electron chi connectivity index (χ3n) is 3.06. The first kappa shape index (κ1) is 16.9. The van der Waals surface area contributed by atoms with Crippen LogP contribution < -0.4 is 10.6 Å². The molecule has 0 aromatic heterocycles. The molecule has 0 saturated carbocycles. The Kier molecular flexibility index (Phi) is 8.17. The van der Waals surface area contributed by atoms with Crippen molar-refractivity contribution in [3.05, 3.63) is 0 Å². The van der Waals surface area contributed by atoms with Gasteiger partial charge in [-0.1, -0.05) is 0 Å². The molecule has 0 atom stereocenters. The quantitative estimate of drug-likeness (QED) is 0.532. The van der Waals surface area contributed by atoms with Crippen molar-refractivity contribution in [3.8, 4) is 0 Å². The van der Waals surface area contributed by atoms with Gasteiger partial charge in [0.2, 0.25) is 11.8 Å². The van der Waals surface area contributed by atoms with E-state index < -0.39 is 0 Å². The monoisotopic (exact) mass is 286 g/mol. The Bertz CT molecular complexity index is 304. The fourth-order valence-electron chi connectivity index (χ4n) is 1.87. The number of carbonyl (C=O) groups is 2. The van der Waals surface area contributed by atoms with E-state index in [1.54, 1.807) is 0 Å². The predicted octanol–water partition coefficient (Wildman–Crippen LogP) is -1.50. The van der Waals surface area contributed by atoms with Crippen LogP contribution >= 0.6 is 0 Å². The van der Waals surface area contributed by atoms with Gasteiger partial charge < -0.3 is 20.3 Å². The molecule has 1 aliphatic heterocycles. The lowest BCUT2D eigenvalue weighted by molar-refractivity contribution is -0.129. The zero-order valence-electron chi connectivity index (χ0n) is 12.5. The summed E-state index contributed by atoms with van der Waals surface area (Å²) in [5.41, 5.74) is 0. The van der Waals surface area contributed by atoms with Crippen LogP contribution in [0.15, 0.2) is 0 Å². The molecule has 0 aromatic carbocycles. The van der Waals surface area contributed by atoms with E-state index in [1.165, 1.54) is 0 Å². The highest BCUT2D eigenvalue weighted by atomic mass is 16.5. The van der Waals surface area contributed by atoms with Crippen molar-refractivity contribution >= 4 is 11.8 Å². The number of rotatable bonds is 8. The van der Waals surface area contributed by atoms with Gasteiger partial charge in [-0.25, -0.2) is 0 Å². The van der Waals surface area contributed by atoms with E-state index in [-0.39, 0.29) is 18.2 Å². The number of likely N-dealkylation sites (N-methyl/N-ethyl adjacent to an activating group) is 1. The predicted molar refractivity (Wildman–Crippen MR) is 76.4 cm³/mol. The van der Waals surface area contributed by atoms with Crippen LogP contribution in [0, 0.1) is 0 Å².